The minimum absolute atomic E-state index is 0.0452. The van der Waals surface area contributed by atoms with Gasteiger partial charge >= 0.3 is 5.97 Å². The third-order valence-electron chi connectivity index (χ3n) is 2.04. The van der Waals surface area contributed by atoms with E-state index in [0.717, 1.165) is 4.88 Å². The SMILES string of the molecule is CC(C)c1cc(OCCCO)c(C(=O)O)s1. The van der Waals surface area contributed by atoms with E-state index in [-0.39, 0.29) is 11.5 Å². The summed E-state index contributed by atoms with van der Waals surface area (Å²) in [7, 11) is 0. The quantitative estimate of drug-likeness (QED) is 0.754. The predicted molar refractivity (Wildman–Crippen MR) is 62.6 cm³/mol. The van der Waals surface area contributed by atoms with E-state index in [0.29, 0.717) is 24.7 Å². The number of thiophene rings is 1. The molecule has 1 aromatic rings. The van der Waals surface area contributed by atoms with Gasteiger partial charge in [0.1, 0.15) is 5.75 Å². The van der Waals surface area contributed by atoms with Crippen LogP contribution >= 0.6 is 11.3 Å². The molecule has 0 saturated carbocycles. The molecule has 0 unspecified atom stereocenters. The lowest BCUT2D eigenvalue weighted by atomic mass is 10.2. The number of aromatic carboxylic acids is 1. The average molecular weight is 244 g/mol. The summed E-state index contributed by atoms with van der Waals surface area (Å²) in [4.78, 5) is 12.2. The number of hydrogen-bond donors (Lipinski definition) is 2. The minimum Gasteiger partial charge on any atom is -0.492 e. The number of carboxylic acid groups (broad SMARTS) is 1. The van der Waals surface area contributed by atoms with Crippen molar-refractivity contribution in [1.82, 2.24) is 0 Å². The lowest BCUT2D eigenvalue weighted by Crippen LogP contribution is -2.02. The van der Waals surface area contributed by atoms with E-state index in [9.17, 15) is 4.79 Å². The van der Waals surface area contributed by atoms with E-state index in [1.54, 1.807) is 6.07 Å². The van der Waals surface area contributed by atoms with Gasteiger partial charge in [0.25, 0.3) is 0 Å². The third kappa shape index (κ3) is 3.21. The van der Waals surface area contributed by atoms with Crippen molar-refractivity contribution in [2.24, 2.45) is 0 Å². The largest absolute Gasteiger partial charge is 0.492 e. The molecule has 1 heterocycles. The minimum atomic E-state index is -0.962. The second kappa shape index (κ2) is 5.86. The van der Waals surface area contributed by atoms with Gasteiger partial charge < -0.3 is 14.9 Å². The van der Waals surface area contributed by atoms with Crippen molar-refractivity contribution in [3.63, 3.8) is 0 Å². The van der Waals surface area contributed by atoms with Crippen molar-refractivity contribution in [1.29, 1.82) is 0 Å². The molecule has 1 aromatic heterocycles. The number of aliphatic hydroxyl groups is 1. The van der Waals surface area contributed by atoms with E-state index in [4.69, 9.17) is 14.9 Å². The van der Waals surface area contributed by atoms with Crippen LogP contribution in [0.2, 0.25) is 0 Å². The zero-order valence-corrected chi connectivity index (χ0v) is 10.2. The summed E-state index contributed by atoms with van der Waals surface area (Å²) in [6.07, 6.45) is 0.506. The fourth-order valence-electron chi connectivity index (χ4n) is 1.18. The Labute approximate surface area is 98.5 Å². The first-order chi connectivity index (χ1) is 7.56. The Kier molecular flexibility index (Phi) is 4.76. The molecule has 0 aliphatic heterocycles. The van der Waals surface area contributed by atoms with Crippen LogP contribution in [0.25, 0.3) is 0 Å². The summed E-state index contributed by atoms with van der Waals surface area (Å²) < 4.78 is 5.34. The second-order valence-corrected chi connectivity index (χ2v) is 4.81. The van der Waals surface area contributed by atoms with Gasteiger partial charge in [0.15, 0.2) is 4.88 Å². The summed E-state index contributed by atoms with van der Waals surface area (Å²) >= 11 is 1.25. The lowest BCUT2D eigenvalue weighted by Gasteiger charge is -2.03. The normalized spacial score (nSPS) is 10.8. The lowest BCUT2D eigenvalue weighted by molar-refractivity contribution is 0.0698. The molecule has 2 N–H and O–H groups in total. The van der Waals surface area contributed by atoms with Gasteiger partial charge in [-0.3, -0.25) is 0 Å². The molecule has 0 aliphatic rings. The Morgan fingerprint density at radius 3 is 2.75 bits per heavy atom. The summed E-state index contributed by atoms with van der Waals surface area (Å²) in [6, 6.07) is 1.77. The Balaban J connectivity index is 2.83. The molecular formula is C11H16O4S. The van der Waals surface area contributed by atoms with E-state index in [2.05, 4.69) is 0 Å². The van der Waals surface area contributed by atoms with Crippen LogP contribution in [0.4, 0.5) is 0 Å². The fourth-order valence-corrected chi connectivity index (χ4v) is 2.12. The van der Waals surface area contributed by atoms with Gasteiger partial charge in [-0.15, -0.1) is 11.3 Å². The number of rotatable bonds is 6. The highest BCUT2D eigenvalue weighted by Crippen LogP contribution is 2.33. The first kappa shape index (κ1) is 13.0. The monoisotopic (exact) mass is 244 g/mol. The molecule has 0 bridgehead atoms. The number of hydrogen-bond acceptors (Lipinski definition) is 4. The Morgan fingerprint density at radius 1 is 1.56 bits per heavy atom. The average Bonchev–Trinajstić information content (AvgIpc) is 2.62. The van der Waals surface area contributed by atoms with Crippen LogP contribution in [0, 0.1) is 0 Å². The molecule has 0 spiro atoms. The van der Waals surface area contributed by atoms with Gasteiger partial charge in [0, 0.05) is 17.9 Å². The van der Waals surface area contributed by atoms with Gasteiger partial charge in [-0.1, -0.05) is 13.8 Å². The molecule has 0 aromatic carbocycles. The second-order valence-electron chi connectivity index (χ2n) is 3.73. The van der Waals surface area contributed by atoms with Gasteiger partial charge in [0.05, 0.1) is 6.61 Å². The van der Waals surface area contributed by atoms with Gasteiger partial charge in [-0.2, -0.15) is 0 Å². The van der Waals surface area contributed by atoms with E-state index < -0.39 is 5.97 Å². The molecule has 5 heteroatoms. The molecule has 0 amide bonds. The Morgan fingerprint density at radius 2 is 2.25 bits per heavy atom. The molecule has 0 aliphatic carbocycles. The van der Waals surface area contributed by atoms with Crippen LogP contribution in [0.1, 0.15) is 40.7 Å². The smallest absolute Gasteiger partial charge is 0.349 e. The summed E-state index contributed by atoms with van der Waals surface area (Å²) in [5, 5.41) is 17.6. The summed E-state index contributed by atoms with van der Waals surface area (Å²) in [5.41, 5.74) is 0. The molecule has 4 nitrogen and oxygen atoms in total. The van der Waals surface area contributed by atoms with Crippen molar-refractivity contribution in [2.45, 2.75) is 26.2 Å². The maximum atomic E-state index is 11.0. The van der Waals surface area contributed by atoms with Crippen molar-refractivity contribution in [3.05, 3.63) is 15.8 Å². The van der Waals surface area contributed by atoms with E-state index in [1.165, 1.54) is 11.3 Å². The number of carbonyl (C=O) groups is 1. The molecule has 16 heavy (non-hydrogen) atoms. The van der Waals surface area contributed by atoms with Crippen LogP contribution in [-0.4, -0.2) is 29.4 Å². The van der Waals surface area contributed by atoms with Crippen molar-refractivity contribution in [3.8, 4) is 5.75 Å². The van der Waals surface area contributed by atoms with Crippen molar-refractivity contribution >= 4 is 17.3 Å². The molecule has 0 saturated heterocycles. The van der Waals surface area contributed by atoms with Crippen LogP contribution in [0.3, 0.4) is 0 Å². The predicted octanol–water partition coefficient (Wildman–Crippen LogP) is 2.33. The van der Waals surface area contributed by atoms with Gasteiger partial charge in [-0.25, -0.2) is 4.79 Å². The first-order valence-corrected chi connectivity index (χ1v) is 5.98. The zero-order valence-electron chi connectivity index (χ0n) is 9.40. The van der Waals surface area contributed by atoms with Crippen molar-refractivity contribution < 1.29 is 19.7 Å². The molecule has 0 atom stereocenters. The summed E-state index contributed by atoms with van der Waals surface area (Å²) in [6.45, 7) is 4.40. The maximum absolute atomic E-state index is 11.0. The topological polar surface area (TPSA) is 66.8 Å². The number of aliphatic hydroxyl groups excluding tert-OH is 1. The highest BCUT2D eigenvalue weighted by Gasteiger charge is 2.17. The fraction of sp³-hybridized carbons (Fsp3) is 0.545. The molecule has 0 radical (unpaired) electrons. The van der Waals surface area contributed by atoms with E-state index >= 15 is 0 Å². The first-order valence-electron chi connectivity index (χ1n) is 5.17. The Bertz CT molecular complexity index is 357. The van der Waals surface area contributed by atoms with Crippen molar-refractivity contribution in [2.75, 3.05) is 13.2 Å². The van der Waals surface area contributed by atoms with Crippen LogP contribution in [0.5, 0.6) is 5.75 Å². The third-order valence-corrected chi connectivity index (χ3v) is 3.45. The number of ether oxygens (including phenoxy) is 1. The molecular weight excluding hydrogens is 228 g/mol. The van der Waals surface area contributed by atoms with Crippen LogP contribution in [0.15, 0.2) is 6.07 Å². The molecule has 1 rings (SSSR count). The molecule has 0 fully saturated rings. The zero-order chi connectivity index (χ0) is 12.1. The van der Waals surface area contributed by atoms with E-state index in [1.807, 2.05) is 13.8 Å². The highest BCUT2D eigenvalue weighted by molar-refractivity contribution is 7.14. The van der Waals surface area contributed by atoms with Crippen LogP contribution in [-0.2, 0) is 0 Å². The molecule has 90 valence electrons. The Hall–Kier alpha value is -1.07. The van der Waals surface area contributed by atoms with Gasteiger partial charge in [-0.05, 0) is 12.0 Å². The maximum Gasteiger partial charge on any atom is 0.349 e. The van der Waals surface area contributed by atoms with Crippen LogP contribution < -0.4 is 4.74 Å². The highest BCUT2D eigenvalue weighted by atomic mass is 32.1. The number of carboxylic acids is 1. The van der Waals surface area contributed by atoms with Gasteiger partial charge in [0.2, 0.25) is 0 Å². The summed E-state index contributed by atoms with van der Waals surface area (Å²) in [5.74, 6) is -0.260. The standard InChI is InChI=1S/C11H16O4S/c1-7(2)9-6-8(15-5-3-4-12)10(16-9)11(13)14/h6-7,12H,3-5H2,1-2H3,(H,13,14).